The summed E-state index contributed by atoms with van der Waals surface area (Å²) in [5, 5.41) is 12.6. The molecule has 0 aliphatic carbocycles. The molecule has 180 valence electrons. The summed E-state index contributed by atoms with van der Waals surface area (Å²) >= 11 is 0. The van der Waals surface area contributed by atoms with Gasteiger partial charge in [-0.1, -0.05) is 24.3 Å². The number of nitrogens with zero attached hydrogens (tertiary/aromatic N) is 6. The van der Waals surface area contributed by atoms with Gasteiger partial charge in [0.1, 0.15) is 17.4 Å². The van der Waals surface area contributed by atoms with Crippen LogP contribution >= 0.6 is 0 Å². The third-order valence-electron chi connectivity index (χ3n) is 6.35. The lowest BCUT2D eigenvalue weighted by Gasteiger charge is -2.40. The van der Waals surface area contributed by atoms with Crippen LogP contribution in [-0.2, 0) is 6.54 Å². The quantitative estimate of drug-likeness (QED) is 0.403. The van der Waals surface area contributed by atoms with Crippen molar-refractivity contribution in [1.29, 1.82) is 0 Å². The maximum Gasteiger partial charge on any atom is 0.173 e. The van der Waals surface area contributed by atoms with E-state index < -0.39 is 0 Å². The van der Waals surface area contributed by atoms with E-state index in [4.69, 9.17) is 4.74 Å². The number of hydrogen-bond donors (Lipinski definition) is 0. The van der Waals surface area contributed by atoms with Crippen molar-refractivity contribution in [2.24, 2.45) is 0 Å². The highest BCUT2D eigenvalue weighted by molar-refractivity contribution is 5.47. The first-order chi connectivity index (χ1) is 17.1. The average molecular weight is 477 g/mol. The van der Waals surface area contributed by atoms with Crippen molar-refractivity contribution in [3.63, 3.8) is 0 Å². The number of anilines is 1. The van der Waals surface area contributed by atoms with Crippen molar-refractivity contribution in [2.45, 2.75) is 12.6 Å². The molecule has 0 N–H and O–H groups in total. The Labute approximate surface area is 202 Å². The maximum absolute atomic E-state index is 13.4. The summed E-state index contributed by atoms with van der Waals surface area (Å²) in [4.78, 5) is 4.61. The van der Waals surface area contributed by atoms with Crippen molar-refractivity contribution in [1.82, 2.24) is 25.1 Å². The largest absolute Gasteiger partial charge is 0.497 e. The van der Waals surface area contributed by atoms with Gasteiger partial charge in [-0.25, -0.2) is 13.5 Å². The SMILES string of the molecule is COc1ccc([C@@H](c2nnnn2Cc2ccc(F)cc2)N2CCN(c3ccc(F)cc3)CC2)cc1. The van der Waals surface area contributed by atoms with E-state index in [9.17, 15) is 8.78 Å². The summed E-state index contributed by atoms with van der Waals surface area (Å²) in [6.07, 6.45) is 0. The second kappa shape index (κ2) is 10.2. The summed E-state index contributed by atoms with van der Waals surface area (Å²) in [5.74, 6) is 0.982. The number of hydrogen-bond acceptors (Lipinski definition) is 6. The number of aromatic nitrogens is 4. The number of piperazine rings is 1. The molecule has 7 nitrogen and oxygen atoms in total. The van der Waals surface area contributed by atoms with E-state index in [1.165, 1.54) is 24.3 Å². The lowest BCUT2D eigenvalue weighted by atomic mass is 10.0. The van der Waals surface area contributed by atoms with Crippen molar-refractivity contribution in [3.05, 3.63) is 101 Å². The lowest BCUT2D eigenvalue weighted by Crippen LogP contribution is -2.48. The molecule has 0 unspecified atom stereocenters. The minimum Gasteiger partial charge on any atom is -0.497 e. The number of rotatable bonds is 7. The molecule has 9 heteroatoms. The smallest absolute Gasteiger partial charge is 0.173 e. The van der Waals surface area contributed by atoms with Gasteiger partial charge in [0.15, 0.2) is 5.82 Å². The first-order valence-corrected chi connectivity index (χ1v) is 11.5. The normalized spacial score (nSPS) is 15.2. The molecule has 0 amide bonds. The first-order valence-electron chi connectivity index (χ1n) is 11.5. The molecule has 2 heterocycles. The number of halogens is 2. The summed E-state index contributed by atoms with van der Waals surface area (Å²) in [6, 6.07) is 20.7. The summed E-state index contributed by atoms with van der Waals surface area (Å²) in [6.45, 7) is 3.56. The molecule has 5 rings (SSSR count). The lowest BCUT2D eigenvalue weighted by molar-refractivity contribution is 0.201. The zero-order valence-electron chi connectivity index (χ0n) is 19.4. The summed E-state index contributed by atoms with van der Waals surface area (Å²) < 4.78 is 33.9. The summed E-state index contributed by atoms with van der Waals surface area (Å²) in [7, 11) is 1.64. The third-order valence-corrected chi connectivity index (χ3v) is 6.35. The van der Waals surface area contributed by atoms with Gasteiger partial charge in [-0.05, 0) is 70.1 Å². The van der Waals surface area contributed by atoms with Crippen molar-refractivity contribution >= 4 is 5.69 Å². The van der Waals surface area contributed by atoms with E-state index in [2.05, 4.69) is 25.3 Å². The molecular weight excluding hydrogens is 450 g/mol. The molecule has 1 aromatic heterocycles. The van der Waals surface area contributed by atoms with Crippen LogP contribution in [-0.4, -0.2) is 58.4 Å². The van der Waals surface area contributed by atoms with Crippen molar-refractivity contribution in [3.8, 4) is 5.75 Å². The van der Waals surface area contributed by atoms with E-state index in [0.717, 1.165) is 54.6 Å². The zero-order valence-corrected chi connectivity index (χ0v) is 19.4. The fourth-order valence-corrected chi connectivity index (χ4v) is 4.48. The molecule has 1 aliphatic rings. The number of tetrazole rings is 1. The van der Waals surface area contributed by atoms with Crippen LogP contribution in [0.15, 0.2) is 72.8 Å². The fourth-order valence-electron chi connectivity index (χ4n) is 4.48. The van der Waals surface area contributed by atoms with Gasteiger partial charge < -0.3 is 9.64 Å². The Balaban J connectivity index is 1.42. The van der Waals surface area contributed by atoms with Gasteiger partial charge in [-0.2, -0.15) is 0 Å². The van der Waals surface area contributed by atoms with Gasteiger partial charge in [0.25, 0.3) is 0 Å². The van der Waals surface area contributed by atoms with Crippen LogP contribution in [0.25, 0.3) is 0 Å². The predicted molar refractivity (Wildman–Crippen MR) is 128 cm³/mol. The molecular formula is C26H26F2N6O. The second-order valence-electron chi connectivity index (χ2n) is 8.50. The Morgan fingerprint density at radius 2 is 1.46 bits per heavy atom. The highest BCUT2D eigenvalue weighted by Crippen LogP contribution is 2.30. The fraction of sp³-hybridized carbons (Fsp3) is 0.269. The number of benzene rings is 3. The van der Waals surface area contributed by atoms with Crippen LogP contribution in [0.2, 0.25) is 0 Å². The van der Waals surface area contributed by atoms with Crippen LogP contribution in [0.5, 0.6) is 5.75 Å². The minimum absolute atomic E-state index is 0.174. The van der Waals surface area contributed by atoms with Gasteiger partial charge in [-0.3, -0.25) is 4.90 Å². The average Bonchev–Trinajstić information content (AvgIpc) is 3.34. The molecule has 4 aromatic rings. The second-order valence-corrected chi connectivity index (χ2v) is 8.50. The molecule has 0 spiro atoms. The minimum atomic E-state index is -0.277. The monoisotopic (exact) mass is 476 g/mol. The molecule has 0 radical (unpaired) electrons. The van der Waals surface area contributed by atoms with E-state index >= 15 is 0 Å². The summed E-state index contributed by atoms with van der Waals surface area (Å²) in [5.41, 5.74) is 2.97. The number of ether oxygens (including phenoxy) is 1. The maximum atomic E-state index is 13.4. The Kier molecular flexibility index (Phi) is 6.67. The third kappa shape index (κ3) is 5.14. The van der Waals surface area contributed by atoms with Gasteiger partial charge in [0, 0.05) is 31.9 Å². The van der Waals surface area contributed by atoms with Crippen LogP contribution < -0.4 is 9.64 Å². The molecule has 0 saturated carbocycles. The zero-order chi connectivity index (χ0) is 24.2. The predicted octanol–water partition coefficient (Wildman–Crippen LogP) is 3.92. The van der Waals surface area contributed by atoms with Gasteiger partial charge >= 0.3 is 0 Å². The topological polar surface area (TPSA) is 59.3 Å². The van der Waals surface area contributed by atoms with Crippen LogP contribution in [0.3, 0.4) is 0 Å². The Bertz CT molecular complexity index is 1240. The highest BCUT2D eigenvalue weighted by Gasteiger charge is 2.31. The molecule has 1 aliphatic heterocycles. The molecule has 1 saturated heterocycles. The molecule has 35 heavy (non-hydrogen) atoms. The highest BCUT2D eigenvalue weighted by atomic mass is 19.1. The van der Waals surface area contributed by atoms with E-state index in [1.807, 2.05) is 36.4 Å². The van der Waals surface area contributed by atoms with E-state index in [1.54, 1.807) is 23.9 Å². The Morgan fingerprint density at radius 3 is 2.09 bits per heavy atom. The Hall–Kier alpha value is -3.85. The van der Waals surface area contributed by atoms with Crippen LogP contribution in [0, 0.1) is 11.6 Å². The van der Waals surface area contributed by atoms with Gasteiger partial charge in [0.05, 0.1) is 19.7 Å². The van der Waals surface area contributed by atoms with Crippen LogP contribution in [0.1, 0.15) is 23.0 Å². The van der Waals surface area contributed by atoms with Gasteiger partial charge in [-0.15, -0.1) is 5.10 Å². The van der Waals surface area contributed by atoms with E-state index in [0.29, 0.717) is 6.54 Å². The number of methoxy groups -OCH3 is 1. The van der Waals surface area contributed by atoms with E-state index in [-0.39, 0.29) is 17.7 Å². The molecule has 0 bridgehead atoms. The van der Waals surface area contributed by atoms with Gasteiger partial charge in [0.2, 0.25) is 0 Å². The standard InChI is InChI=1S/C26H26F2N6O/c1-35-24-12-4-20(5-13-24)25(26-29-30-31-34(26)18-19-2-6-21(27)7-3-19)33-16-14-32(15-17-33)23-10-8-22(28)9-11-23/h2-13,25H,14-18H2,1H3/t25-/m0/s1. The van der Waals surface area contributed by atoms with Crippen LogP contribution in [0.4, 0.5) is 14.5 Å². The van der Waals surface area contributed by atoms with Crippen molar-refractivity contribution in [2.75, 3.05) is 38.2 Å². The Morgan fingerprint density at radius 1 is 0.829 bits per heavy atom. The molecule has 1 atom stereocenters. The molecule has 3 aromatic carbocycles. The van der Waals surface area contributed by atoms with Crippen molar-refractivity contribution < 1.29 is 13.5 Å². The first kappa shape index (κ1) is 22.9. The molecule has 1 fully saturated rings.